The smallest absolute Gasteiger partial charge is 0.748 e. The zero-order valence-electron chi connectivity index (χ0n) is 11.8. The summed E-state index contributed by atoms with van der Waals surface area (Å²) in [5.41, 5.74) is -0.789. The van der Waals surface area contributed by atoms with Crippen molar-refractivity contribution in [2.75, 3.05) is 5.75 Å². The Bertz CT molecular complexity index is 342. The molecule has 0 aliphatic carbocycles. The molecule has 0 radical (unpaired) electrons. The molecule has 102 valence electrons. The zero-order chi connectivity index (χ0) is 13.5. The molecule has 0 heterocycles. The second-order valence-electron chi connectivity index (χ2n) is 4.94. The van der Waals surface area contributed by atoms with Crippen LogP contribution in [0, 0.1) is 0 Å². The largest absolute Gasteiger partial charge is 1.00 e. The number of rotatable bonds is 8. The minimum atomic E-state index is -4.23. The van der Waals surface area contributed by atoms with E-state index in [0.717, 1.165) is 19.3 Å². The predicted molar refractivity (Wildman–Crippen MR) is 73.1 cm³/mol. The van der Waals surface area contributed by atoms with E-state index in [4.69, 9.17) is 12.2 Å². The summed E-state index contributed by atoms with van der Waals surface area (Å²) in [4.78, 5) is 0.634. The Morgan fingerprint density at radius 3 is 2.28 bits per heavy atom. The van der Waals surface area contributed by atoms with Crippen LogP contribution in [-0.4, -0.2) is 29.3 Å². The Balaban J connectivity index is 0. The first kappa shape index (κ1) is 21.7. The van der Waals surface area contributed by atoms with Gasteiger partial charge in [-0.3, -0.25) is 0 Å². The number of hydrogen-bond donors (Lipinski definition) is 1. The van der Waals surface area contributed by atoms with Crippen LogP contribution in [0.2, 0.25) is 0 Å². The quantitative estimate of drug-likeness (QED) is 0.275. The number of hydrogen-bond acceptors (Lipinski definition) is 4. The molecular formula is C11H22KNO3S2. The number of thiocarbonyl (C=S) groups is 1. The molecule has 0 saturated carbocycles. The fraction of sp³-hybridized carbons (Fsp3) is 0.909. The molecule has 7 heteroatoms. The second-order valence-corrected chi connectivity index (χ2v) is 6.84. The standard InChI is InChI=1S/C11H23NO3S2.K/c1-4-5-6-7-8-10(16)12-11(2,3)9-17(13,14)15;/h4-9H2,1-3H3,(H,12,16)(H,13,14,15);/q;+1/p-1. The summed E-state index contributed by atoms with van der Waals surface area (Å²) in [5, 5.41) is 2.94. The molecule has 4 nitrogen and oxygen atoms in total. The molecule has 0 spiro atoms. The third kappa shape index (κ3) is 13.9. The van der Waals surface area contributed by atoms with Crippen LogP contribution >= 0.6 is 12.2 Å². The summed E-state index contributed by atoms with van der Waals surface area (Å²) < 4.78 is 32.1. The summed E-state index contributed by atoms with van der Waals surface area (Å²) >= 11 is 5.13. The van der Waals surface area contributed by atoms with E-state index < -0.39 is 21.4 Å². The summed E-state index contributed by atoms with van der Waals surface area (Å²) in [7, 11) is -4.23. The first-order chi connectivity index (χ1) is 7.66. The van der Waals surface area contributed by atoms with Gasteiger partial charge in [0.1, 0.15) is 0 Å². The fourth-order valence-electron chi connectivity index (χ4n) is 1.63. The third-order valence-corrected chi connectivity index (χ3v) is 3.65. The van der Waals surface area contributed by atoms with Crippen LogP contribution in [0.1, 0.15) is 52.9 Å². The van der Waals surface area contributed by atoms with Crippen LogP contribution in [0.5, 0.6) is 0 Å². The second kappa shape index (κ2) is 10.2. The number of unbranched alkanes of at least 4 members (excludes halogenated alkanes) is 3. The van der Waals surface area contributed by atoms with Crippen LogP contribution in [0.3, 0.4) is 0 Å². The molecule has 0 aliphatic heterocycles. The van der Waals surface area contributed by atoms with Crippen molar-refractivity contribution in [1.82, 2.24) is 5.32 Å². The van der Waals surface area contributed by atoms with E-state index in [9.17, 15) is 13.0 Å². The molecule has 0 fully saturated rings. The summed E-state index contributed by atoms with van der Waals surface area (Å²) in [6.07, 6.45) is 5.22. The van der Waals surface area contributed by atoms with Crippen LogP contribution in [0.4, 0.5) is 0 Å². The van der Waals surface area contributed by atoms with Gasteiger partial charge in [0.15, 0.2) is 0 Å². The van der Waals surface area contributed by atoms with Gasteiger partial charge in [-0.2, -0.15) is 0 Å². The van der Waals surface area contributed by atoms with Gasteiger partial charge in [-0.1, -0.05) is 38.4 Å². The first-order valence-corrected chi connectivity index (χ1v) is 7.89. The van der Waals surface area contributed by atoms with E-state index >= 15 is 0 Å². The van der Waals surface area contributed by atoms with E-state index in [1.54, 1.807) is 13.8 Å². The van der Waals surface area contributed by atoms with Crippen molar-refractivity contribution < 1.29 is 64.4 Å². The van der Waals surface area contributed by atoms with E-state index in [1.807, 2.05) is 0 Å². The van der Waals surface area contributed by atoms with Gasteiger partial charge in [-0.05, 0) is 26.7 Å². The van der Waals surface area contributed by atoms with E-state index in [0.29, 0.717) is 4.99 Å². The van der Waals surface area contributed by atoms with Crippen molar-refractivity contribution in [3.8, 4) is 0 Å². The SMILES string of the molecule is CCCCCCC(=S)NC(C)(C)CS(=O)(=O)[O-].[K+]. The van der Waals surface area contributed by atoms with Gasteiger partial charge in [0.25, 0.3) is 0 Å². The molecule has 18 heavy (non-hydrogen) atoms. The van der Waals surface area contributed by atoms with Crippen molar-refractivity contribution in [2.45, 2.75) is 58.4 Å². The van der Waals surface area contributed by atoms with Crippen molar-refractivity contribution in [3.63, 3.8) is 0 Å². The van der Waals surface area contributed by atoms with Crippen LogP contribution in [0.25, 0.3) is 0 Å². The van der Waals surface area contributed by atoms with Crippen molar-refractivity contribution in [1.29, 1.82) is 0 Å². The van der Waals surface area contributed by atoms with E-state index in [2.05, 4.69) is 12.2 Å². The molecular weight excluding hydrogens is 297 g/mol. The molecule has 0 unspecified atom stereocenters. The summed E-state index contributed by atoms with van der Waals surface area (Å²) in [5.74, 6) is -0.449. The Kier molecular flexibility index (Phi) is 12.3. The Morgan fingerprint density at radius 2 is 1.83 bits per heavy atom. The minimum absolute atomic E-state index is 0. The molecule has 0 amide bonds. The van der Waals surface area contributed by atoms with Gasteiger partial charge in [-0.25, -0.2) is 8.42 Å². The fourth-order valence-corrected chi connectivity index (χ4v) is 3.01. The molecule has 0 bridgehead atoms. The summed E-state index contributed by atoms with van der Waals surface area (Å²) in [6.45, 7) is 5.47. The molecule has 0 aromatic carbocycles. The van der Waals surface area contributed by atoms with Gasteiger partial charge >= 0.3 is 51.4 Å². The van der Waals surface area contributed by atoms with Crippen LogP contribution in [-0.2, 0) is 10.1 Å². The maximum absolute atomic E-state index is 10.7. The Hall–Kier alpha value is 1.44. The Labute approximate surface area is 159 Å². The molecule has 0 aliphatic rings. The third-order valence-electron chi connectivity index (χ3n) is 2.27. The average Bonchev–Trinajstić information content (AvgIpc) is 2.07. The normalized spacial score (nSPS) is 11.8. The van der Waals surface area contributed by atoms with E-state index in [-0.39, 0.29) is 51.4 Å². The molecule has 0 atom stereocenters. The van der Waals surface area contributed by atoms with Crippen molar-refractivity contribution >= 4 is 27.3 Å². The van der Waals surface area contributed by atoms with E-state index in [1.165, 1.54) is 12.8 Å². The van der Waals surface area contributed by atoms with Crippen LogP contribution < -0.4 is 56.7 Å². The Morgan fingerprint density at radius 1 is 1.28 bits per heavy atom. The van der Waals surface area contributed by atoms with Crippen LogP contribution in [0.15, 0.2) is 0 Å². The minimum Gasteiger partial charge on any atom is -0.748 e. The van der Waals surface area contributed by atoms with Gasteiger partial charge in [0, 0.05) is 5.54 Å². The van der Waals surface area contributed by atoms with Crippen molar-refractivity contribution in [2.24, 2.45) is 0 Å². The zero-order valence-corrected chi connectivity index (χ0v) is 16.5. The maximum atomic E-state index is 10.7. The molecule has 1 N–H and O–H groups in total. The number of nitrogens with one attached hydrogen (secondary N) is 1. The van der Waals surface area contributed by atoms with Crippen molar-refractivity contribution in [3.05, 3.63) is 0 Å². The molecule has 0 saturated heterocycles. The summed E-state index contributed by atoms with van der Waals surface area (Å²) in [6, 6.07) is 0. The first-order valence-electron chi connectivity index (χ1n) is 5.91. The van der Waals surface area contributed by atoms with Gasteiger partial charge in [0.2, 0.25) is 0 Å². The monoisotopic (exact) mass is 319 g/mol. The maximum Gasteiger partial charge on any atom is 1.00 e. The average molecular weight is 320 g/mol. The topological polar surface area (TPSA) is 69.2 Å². The molecule has 0 aromatic rings. The molecule has 0 aromatic heterocycles. The van der Waals surface area contributed by atoms with Gasteiger partial charge in [0.05, 0.1) is 20.9 Å². The van der Waals surface area contributed by atoms with Gasteiger partial charge in [-0.15, -0.1) is 0 Å². The molecule has 0 rings (SSSR count). The van der Waals surface area contributed by atoms with Gasteiger partial charge < -0.3 is 9.87 Å². The predicted octanol–water partition coefficient (Wildman–Crippen LogP) is -0.798.